The Hall–Kier alpha value is -1.17. The molecule has 2 aliphatic rings. The van der Waals surface area contributed by atoms with Gasteiger partial charge in [0.15, 0.2) is 0 Å². The van der Waals surface area contributed by atoms with E-state index in [0.717, 1.165) is 38.0 Å². The van der Waals surface area contributed by atoms with Crippen molar-refractivity contribution in [2.45, 2.75) is 38.3 Å². The Bertz CT molecular complexity index is 629. The van der Waals surface area contributed by atoms with Gasteiger partial charge < -0.3 is 14.7 Å². The van der Waals surface area contributed by atoms with Crippen LogP contribution in [0.1, 0.15) is 31.2 Å². The molecule has 1 saturated carbocycles. The molecule has 5 nitrogen and oxygen atoms in total. The molecule has 0 aromatic heterocycles. The number of hydrogen-bond acceptors (Lipinski definition) is 3. The molecule has 1 amide bonds. The summed E-state index contributed by atoms with van der Waals surface area (Å²) in [6.45, 7) is 3.59. The Morgan fingerprint density at radius 1 is 1.28 bits per heavy atom. The van der Waals surface area contributed by atoms with Gasteiger partial charge in [-0.2, -0.15) is 0 Å². The van der Waals surface area contributed by atoms with Crippen molar-refractivity contribution in [2.24, 2.45) is 5.92 Å². The molecular weight excluding hydrogens is 363 g/mol. The molecule has 7 heteroatoms. The highest BCUT2D eigenvalue weighted by atomic mass is 35.5. The van der Waals surface area contributed by atoms with E-state index in [-0.39, 0.29) is 6.10 Å². The number of halogens is 2. The third-order valence-corrected chi connectivity index (χ3v) is 5.69. The van der Waals surface area contributed by atoms with Crippen molar-refractivity contribution in [1.82, 2.24) is 9.80 Å². The lowest BCUT2D eigenvalue weighted by atomic mass is 9.82. The zero-order valence-corrected chi connectivity index (χ0v) is 15.9. The fourth-order valence-corrected chi connectivity index (χ4v) is 3.97. The average Bonchev–Trinajstić information content (AvgIpc) is 3.02. The van der Waals surface area contributed by atoms with Gasteiger partial charge in [0.1, 0.15) is 5.75 Å². The molecule has 0 bridgehead atoms. The topological polar surface area (TPSA) is 53.0 Å². The van der Waals surface area contributed by atoms with Crippen LogP contribution in [0.2, 0.25) is 10.0 Å². The van der Waals surface area contributed by atoms with Gasteiger partial charge in [-0.05, 0) is 56.3 Å². The number of carbonyl (C=O) groups is 1. The van der Waals surface area contributed by atoms with Crippen molar-refractivity contribution in [2.75, 3.05) is 26.7 Å². The van der Waals surface area contributed by atoms with Crippen molar-refractivity contribution >= 4 is 29.3 Å². The summed E-state index contributed by atoms with van der Waals surface area (Å²) in [5.74, 6) is 0.960. The molecule has 1 aliphatic heterocycles. The predicted octanol–water partition coefficient (Wildman–Crippen LogP) is 4.36. The second-order valence-corrected chi connectivity index (χ2v) is 7.91. The van der Waals surface area contributed by atoms with Crippen LogP contribution in [-0.2, 0) is 6.54 Å². The maximum atomic E-state index is 10.8. The number of rotatable bonds is 6. The second-order valence-electron chi connectivity index (χ2n) is 7.10. The largest absolute Gasteiger partial charge is 0.489 e. The fourth-order valence-electron chi connectivity index (χ4n) is 3.53. The van der Waals surface area contributed by atoms with E-state index in [1.807, 2.05) is 12.1 Å². The van der Waals surface area contributed by atoms with Crippen LogP contribution >= 0.6 is 23.2 Å². The Balaban J connectivity index is 1.53. The van der Waals surface area contributed by atoms with E-state index in [0.29, 0.717) is 28.3 Å². The first-order valence-electron chi connectivity index (χ1n) is 8.73. The zero-order chi connectivity index (χ0) is 18.0. The molecular formula is C18H24Cl2N2O3. The van der Waals surface area contributed by atoms with Gasteiger partial charge in [0.2, 0.25) is 0 Å². The smallest absolute Gasteiger partial charge is 0.407 e. The van der Waals surface area contributed by atoms with Gasteiger partial charge in [0, 0.05) is 31.2 Å². The van der Waals surface area contributed by atoms with Crippen molar-refractivity contribution < 1.29 is 14.6 Å². The Morgan fingerprint density at radius 2 is 1.96 bits per heavy atom. The van der Waals surface area contributed by atoms with E-state index in [1.165, 1.54) is 17.7 Å². The van der Waals surface area contributed by atoms with Crippen LogP contribution in [0.15, 0.2) is 12.1 Å². The summed E-state index contributed by atoms with van der Waals surface area (Å²) < 4.78 is 5.96. The van der Waals surface area contributed by atoms with E-state index in [1.54, 1.807) is 7.05 Å². The number of amides is 1. The molecule has 138 valence electrons. The van der Waals surface area contributed by atoms with Crippen molar-refractivity contribution in [1.29, 1.82) is 0 Å². The zero-order valence-electron chi connectivity index (χ0n) is 14.4. The normalized spacial score (nSPS) is 23.3. The SMILES string of the molecule is CN(C[C@H]1C[C@H](Oc2cc(Cl)c(CN3CCCC3)cc2Cl)C1)C(=O)O. The number of benzene rings is 1. The summed E-state index contributed by atoms with van der Waals surface area (Å²) in [5, 5.41) is 10.2. The molecule has 0 atom stereocenters. The van der Waals surface area contributed by atoms with Gasteiger partial charge in [0.25, 0.3) is 0 Å². The van der Waals surface area contributed by atoms with E-state index in [4.69, 9.17) is 33.0 Å². The third-order valence-electron chi connectivity index (χ3n) is 5.04. The molecule has 0 spiro atoms. The minimum Gasteiger partial charge on any atom is -0.489 e. The van der Waals surface area contributed by atoms with Gasteiger partial charge in [-0.3, -0.25) is 4.90 Å². The first kappa shape index (κ1) is 18.6. The highest BCUT2D eigenvalue weighted by Gasteiger charge is 2.33. The molecule has 0 unspecified atom stereocenters. The van der Waals surface area contributed by atoms with Crippen LogP contribution in [0.4, 0.5) is 4.79 Å². The molecule has 1 aliphatic carbocycles. The maximum Gasteiger partial charge on any atom is 0.407 e. The third kappa shape index (κ3) is 4.72. The Kier molecular flexibility index (Phi) is 5.97. The quantitative estimate of drug-likeness (QED) is 0.788. The fraction of sp³-hybridized carbons (Fsp3) is 0.611. The Morgan fingerprint density at radius 3 is 2.60 bits per heavy atom. The standard InChI is InChI=1S/C18H24Cl2N2O3/c1-21(18(23)24)10-12-6-14(7-12)25-17-9-15(19)13(8-16(17)20)11-22-4-2-3-5-22/h8-9,12,14H,2-7,10-11H2,1H3,(H,23,24)/t12-,14-. The number of ether oxygens (including phenoxy) is 1. The minimum absolute atomic E-state index is 0.0743. The van der Waals surface area contributed by atoms with Gasteiger partial charge >= 0.3 is 6.09 Å². The number of nitrogens with zero attached hydrogens (tertiary/aromatic N) is 2. The van der Waals surface area contributed by atoms with Crippen molar-refractivity contribution in [3.8, 4) is 5.75 Å². The summed E-state index contributed by atoms with van der Waals surface area (Å²) in [6.07, 6.45) is 3.33. The van der Waals surface area contributed by atoms with Crippen LogP contribution in [0.5, 0.6) is 5.75 Å². The lowest BCUT2D eigenvalue weighted by Gasteiger charge is -2.37. The number of hydrogen-bond donors (Lipinski definition) is 1. The van der Waals surface area contributed by atoms with Crippen LogP contribution in [-0.4, -0.2) is 53.8 Å². The minimum atomic E-state index is -0.896. The van der Waals surface area contributed by atoms with Crippen LogP contribution < -0.4 is 4.74 Å². The Labute approximate surface area is 158 Å². The van der Waals surface area contributed by atoms with Gasteiger partial charge in [-0.25, -0.2) is 4.79 Å². The summed E-state index contributed by atoms with van der Waals surface area (Å²) in [6, 6.07) is 3.72. The highest BCUT2D eigenvalue weighted by Crippen LogP contribution is 2.37. The van der Waals surface area contributed by atoms with Crippen LogP contribution in [0.3, 0.4) is 0 Å². The van der Waals surface area contributed by atoms with E-state index < -0.39 is 6.09 Å². The number of likely N-dealkylation sites (tertiary alicyclic amines) is 1. The van der Waals surface area contributed by atoms with Crippen molar-refractivity contribution in [3.63, 3.8) is 0 Å². The lowest BCUT2D eigenvalue weighted by Crippen LogP contribution is -2.41. The number of carboxylic acid groups (broad SMARTS) is 1. The summed E-state index contributed by atoms with van der Waals surface area (Å²) in [7, 11) is 1.59. The first-order valence-corrected chi connectivity index (χ1v) is 9.49. The molecule has 25 heavy (non-hydrogen) atoms. The van der Waals surface area contributed by atoms with Crippen molar-refractivity contribution in [3.05, 3.63) is 27.7 Å². The average molecular weight is 387 g/mol. The van der Waals surface area contributed by atoms with E-state index >= 15 is 0 Å². The molecule has 0 radical (unpaired) electrons. The summed E-state index contributed by atoms with van der Waals surface area (Å²) >= 11 is 12.8. The summed E-state index contributed by atoms with van der Waals surface area (Å²) in [4.78, 5) is 14.5. The lowest BCUT2D eigenvalue weighted by molar-refractivity contribution is 0.0475. The molecule has 1 heterocycles. The molecule has 1 aromatic carbocycles. The highest BCUT2D eigenvalue weighted by molar-refractivity contribution is 6.34. The first-order chi connectivity index (χ1) is 11.9. The van der Waals surface area contributed by atoms with E-state index in [2.05, 4.69) is 4.90 Å². The van der Waals surface area contributed by atoms with Crippen LogP contribution in [0.25, 0.3) is 0 Å². The van der Waals surface area contributed by atoms with Gasteiger partial charge in [-0.15, -0.1) is 0 Å². The van der Waals surface area contributed by atoms with Gasteiger partial charge in [0.05, 0.1) is 11.1 Å². The second kappa shape index (κ2) is 8.02. The molecule has 2 fully saturated rings. The maximum absolute atomic E-state index is 10.8. The molecule has 1 saturated heterocycles. The molecule has 3 rings (SSSR count). The monoisotopic (exact) mass is 386 g/mol. The summed E-state index contributed by atoms with van der Waals surface area (Å²) in [5.41, 5.74) is 1.04. The molecule has 1 aromatic rings. The van der Waals surface area contributed by atoms with Crippen LogP contribution in [0, 0.1) is 5.92 Å². The molecule has 1 N–H and O–H groups in total. The van der Waals surface area contributed by atoms with Gasteiger partial charge in [-0.1, -0.05) is 23.2 Å². The predicted molar refractivity (Wildman–Crippen MR) is 98.8 cm³/mol. The van der Waals surface area contributed by atoms with E-state index in [9.17, 15) is 4.79 Å².